The van der Waals surface area contributed by atoms with Gasteiger partial charge >= 0.3 is 0 Å². The quantitative estimate of drug-likeness (QED) is 0.844. The third kappa shape index (κ3) is 4.83. The van der Waals surface area contributed by atoms with Gasteiger partial charge < -0.3 is 10.5 Å². The number of hydrogen-bond acceptors (Lipinski definition) is 4. The molecule has 112 valence electrons. The van der Waals surface area contributed by atoms with E-state index in [2.05, 4.69) is 25.6 Å². The molecule has 1 spiro atoms. The fourth-order valence-electron chi connectivity index (χ4n) is 3.10. The fraction of sp³-hybridized carbons (Fsp3) is 1.00. The van der Waals surface area contributed by atoms with Crippen LogP contribution < -0.4 is 5.73 Å². The van der Waals surface area contributed by atoms with Crippen LogP contribution in [0.2, 0.25) is 0 Å². The van der Waals surface area contributed by atoms with E-state index < -0.39 is 0 Å². The number of rotatable bonds is 5. The molecule has 2 aliphatic rings. The molecule has 2 atom stereocenters. The second-order valence-electron chi connectivity index (χ2n) is 6.49. The molecular weight excluding hydrogens is 274 g/mol. The van der Waals surface area contributed by atoms with E-state index in [1.165, 1.54) is 36.5 Å². The molecule has 19 heavy (non-hydrogen) atoms. The fourth-order valence-corrected chi connectivity index (χ4v) is 5.49. The van der Waals surface area contributed by atoms with Gasteiger partial charge in [-0.25, -0.2) is 0 Å². The van der Waals surface area contributed by atoms with Gasteiger partial charge in [0.25, 0.3) is 0 Å². The van der Waals surface area contributed by atoms with E-state index in [4.69, 9.17) is 10.5 Å². The van der Waals surface area contributed by atoms with Crippen LogP contribution in [-0.2, 0) is 4.74 Å². The zero-order valence-corrected chi connectivity index (χ0v) is 14.0. The average molecular weight is 304 g/mol. The topological polar surface area (TPSA) is 35.2 Å². The summed E-state index contributed by atoms with van der Waals surface area (Å²) in [6.45, 7) is 5.49. The molecular formula is C15H29NOS2. The number of hydrogen-bond donors (Lipinski definition) is 1. The summed E-state index contributed by atoms with van der Waals surface area (Å²) >= 11 is 4.10. The Bertz CT molecular complexity index is 261. The highest BCUT2D eigenvalue weighted by molar-refractivity contribution is 7.99. The van der Waals surface area contributed by atoms with Gasteiger partial charge in [-0.15, -0.1) is 0 Å². The summed E-state index contributed by atoms with van der Waals surface area (Å²) in [4.78, 5) is 0. The lowest BCUT2D eigenvalue weighted by Gasteiger charge is -2.44. The monoisotopic (exact) mass is 303 g/mol. The molecule has 2 aliphatic heterocycles. The Kier molecular flexibility index (Phi) is 6.38. The van der Waals surface area contributed by atoms with Crippen LogP contribution in [0.15, 0.2) is 0 Å². The van der Waals surface area contributed by atoms with E-state index in [0.717, 1.165) is 24.7 Å². The summed E-state index contributed by atoms with van der Waals surface area (Å²) < 4.78 is 6.15. The lowest BCUT2D eigenvalue weighted by atomic mass is 9.79. The lowest BCUT2D eigenvalue weighted by molar-refractivity contribution is -0.104. The van der Waals surface area contributed by atoms with Crippen molar-refractivity contribution in [2.24, 2.45) is 17.6 Å². The molecule has 2 fully saturated rings. The van der Waals surface area contributed by atoms with Crippen LogP contribution in [0.4, 0.5) is 0 Å². The smallest absolute Gasteiger partial charge is 0.0701 e. The molecule has 0 aliphatic carbocycles. The van der Waals surface area contributed by atoms with Crippen molar-refractivity contribution in [2.45, 2.75) is 51.2 Å². The maximum Gasteiger partial charge on any atom is 0.0701 e. The van der Waals surface area contributed by atoms with Gasteiger partial charge in [-0.1, -0.05) is 13.8 Å². The molecule has 4 heteroatoms. The Morgan fingerprint density at radius 3 is 2.74 bits per heavy atom. The van der Waals surface area contributed by atoms with Crippen molar-refractivity contribution < 1.29 is 4.74 Å². The first kappa shape index (κ1) is 16.0. The summed E-state index contributed by atoms with van der Waals surface area (Å²) in [5.41, 5.74) is 6.63. The van der Waals surface area contributed by atoms with Gasteiger partial charge in [-0.2, -0.15) is 23.5 Å². The SMILES string of the molecule is CC(C)CSCC(N)C1CCOC2(CCSCC2)C1. The Balaban J connectivity index is 1.79. The average Bonchev–Trinajstić information content (AvgIpc) is 2.39. The highest BCUT2D eigenvalue weighted by Crippen LogP contribution is 2.40. The Hall–Kier alpha value is 0.620. The lowest BCUT2D eigenvalue weighted by Crippen LogP contribution is -2.47. The van der Waals surface area contributed by atoms with Crippen molar-refractivity contribution >= 4 is 23.5 Å². The predicted molar refractivity (Wildman–Crippen MR) is 88.1 cm³/mol. The highest BCUT2D eigenvalue weighted by atomic mass is 32.2. The first-order valence-corrected chi connectivity index (χ1v) is 9.97. The van der Waals surface area contributed by atoms with Crippen LogP contribution in [0.1, 0.15) is 39.5 Å². The minimum atomic E-state index is 0.189. The van der Waals surface area contributed by atoms with Crippen LogP contribution in [0, 0.1) is 11.8 Å². The standard InChI is InChI=1S/C15H29NOS2/c1-12(2)10-19-11-14(16)13-3-6-17-15(9-13)4-7-18-8-5-15/h12-14H,3-11,16H2,1-2H3. The van der Waals surface area contributed by atoms with Crippen molar-refractivity contribution in [1.29, 1.82) is 0 Å². The maximum atomic E-state index is 6.44. The van der Waals surface area contributed by atoms with E-state index in [9.17, 15) is 0 Å². The van der Waals surface area contributed by atoms with E-state index in [0.29, 0.717) is 12.0 Å². The molecule has 0 aromatic carbocycles. The molecule has 2 saturated heterocycles. The van der Waals surface area contributed by atoms with E-state index in [1.807, 2.05) is 11.8 Å². The van der Waals surface area contributed by atoms with Crippen LogP contribution in [-0.4, -0.2) is 41.3 Å². The first-order chi connectivity index (χ1) is 9.11. The van der Waals surface area contributed by atoms with Crippen LogP contribution in [0.3, 0.4) is 0 Å². The highest BCUT2D eigenvalue weighted by Gasteiger charge is 2.40. The molecule has 0 bridgehead atoms. The largest absolute Gasteiger partial charge is 0.375 e. The van der Waals surface area contributed by atoms with E-state index >= 15 is 0 Å². The van der Waals surface area contributed by atoms with Crippen molar-refractivity contribution in [3.05, 3.63) is 0 Å². The zero-order chi connectivity index (χ0) is 13.7. The van der Waals surface area contributed by atoms with Gasteiger partial charge in [-0.3, -0.25) is 0 Å². The third-order valence-corrected chi connectivity index (χ3v) is 6.81. The summed E-state index contributed by atoms with van der Waals surface area (Å²) in [5.74, 6) is 6.34. The van der Waals surface area contributed by atoms with Gasteiger partial charge in [-0.05, 0) is 54.8 Å². The van der Waals surface area contributed by atoms with Crippen LogP contribution in [0.25, 0.3) is 0 Å². The molecule has 2 unspecified atom stereocenters. The molecule has 0 aromatic heterocycles. The molecule has 0 aromatic rings. The predicted octanol–water partition coefficient (Wildman–Crippen LogP) is 3.40. The number of ether oxygens (including phenoxy) is 1. The molecule has 2 rings (SSSR count). The van der Waals surface area contributed by atoms with Crippen LogP contribution >= 0.6 is 23.5 Å². The second-order valence-corrected chi connectivity index (χ2v) is 8.79. The van der Waals surface area contributed by atoms with Crippen molar-refractivity contribution in [3.63, 3.8) is 0 Å². The maximum absolute atomic E-state index is 6.44. The molecule has 2 nitrogen and oxygen atoms in total. The third-order valence-electron chi connectivity index (χ3n) is 4.30. The summed E-state index contributed by atoms with van der Waals surface area (Å²) in [6, 6.07) is 0.360. The van der Waals surface area contributed by atoms with Gasteiger partial charge in [0, 0.05) is 18.4 Å². The second kappa shape index (κ2) is 7.58. The Labute approximate surface area is 127 Å². The summed E-state index contributed by atoms with van der Waals surface area (Å²) in [7, 11) is 0. The van der Waals surface area contributed by atoms with Gasteiger partial charge in [0.1, 0.15) is 0 Å². The van der Waals surface area contributed by atoms with E-state index in [1.54, 1.807) is 0 Å². The van der Waals surface area contributed by atoms with Gasteiger partial charge in [0.05, 0.1) is 5.60 Å². The zero-order valence-electron chi connectivity index (χ0n) is 12.4. The normalized spacial score (nSPS) is 28.7. The Morgan fingerprint density at radius 1 is 1.32 bits per heavy atom. The summed E-state index contributed by atoms with van der Waals surface area (Å²) in [5, 5.41) is 0. The minimum Gasteiger partial charge on any atom is -0.375 e. The van der Waals surface area contributed by atoms with Crippen molar-refractivity contribution in [1.82, 2.24) is 0 Å². The number of nitrogens with two attached hydrogens (primary N) is 1. The molecule has 0 amide bonds. The molecule has 2 heterocycles. The number of thioether (sulfide) groups is 2. The molecule has 2 N–H and O–H groups in total. The van der Waals surface area contributed by atoms with Crippen LogP contribution in [0.5, 0.6) is 0 Å². The molecule has 0 saturated carbocycles. The van der Waals surface area contributed by atoms with Gasteiger partial charge in [0.2, 0.25) is 0 Å². The minimum absolute atomic E-state index is 0.189. The first-order valence-electron chi connectivity index (χ1n) is 7.66. The Morgan fingerprint density at radius 2 is 2.05 bits per heavy atom. The van der Waals surface area contributed by atoms with Gasteiger partial charge in [0.15, 0.2) is 0 Å². The van der Waals surface area contributed by atoms with Crippen molar-refractivity contribution in [3.8, 4) is 0 Å². The van der Waals surface area contributed by atoms with E-state index in [-0.39, 0.29) is 5.60 Å². The van der Waals surface area contributed by atoms with Crippen molar-refractivity contribution in [2.75, 3.05) is 29.6 Å². The summed E-state index contributed by atoms with van der Waals surface area (Å²) in [6.07, 6.45) is 4.84. The molecule has 0 radical (unpaired) electrons.